The van der Waals surface area contributed by atoms with E-state index in [1.165, 1.54) is 0 Å². The number of nitrogens with zero attached hydrogens (tertiary/aromatic N) is 1. The first-order chi connectivity index (χ1) is 11.3. The van der Waals surface area contributed by atoms with E-state index in [1.807, 2.05) is 32.0 Å². The average Bonchev–Trinajstić information content (AvgIpc) is 2.53. The lowest BCUT2D eigenvalue weighted by Gasteiger charge is -2.35. The first-order valence-corrected chi connectivity index (χ1v) is 10.1. The van der Waals surface area contributed by atoms with Crippen molar-refractivity contribution in [3.8, 4) is 5.75 Å². The van der Waals surface area contributed by atoms with E-state index in [2.05, 4.69) is 4.72 Å². The Bertz CT molecular complexity index is 688. The number of sulfonamides is 1. The van der Waals surface area contributed by atoms with Crippen LogP contribution in [0.5, 0.6) is 5.75 Å². The van der Waals surface area contributed by atoms with E-state index in [4.69, 9.17) is 4.74 Å². The largest absolute Gasteiger partial charge is 0.483 e. The highest BCUT2D eigenvalue weighted by Gasteiger charge is 2.27. The van der Waals surface area contributed by atoms with Gasteiger partial charge < -0.3 is 9.64 Å². The maximum Gasteiger partial charge on any atom is 0.260 e. The maximum atomic E-state index is 12.5. The third-order valence-corrected chi connectivity index (χ3v) is 4.91. The zero-order chi connectivity index (χ0) is 17.7. The molecular formula is C17H26N2O4S. The number of hydrogen-bond donors (Lipinski definition) is 1. The van der Waals surface area contributed by atoms with Crippen molar-refractivity contribution in [2.45, 2.75) is 39.2 Å². The summed E-state index contributed by atoms with van der Waals surface area (Å²) in [6.07, 6.45) is 3.87. The van der Waals surface area contributed by atoms with Crippen LogP contribution in [0.4, 0.5) is 0 Å². The van der Waals surface area contributed by atoms with Gasteiger partial charge in [-0.15, -0.1) is 0 Å². The molecule has 0 spiro atoms. The standard InChI is InChI=1S/C17H26N2O4S/c1-13-7-8-14(2)16(10-13)23-12-17(20)19-9-5-4-6-15(19)11-18-24(3,21)22/h7-8,10,15,18H,4-6,9,11-12H2,1-3H3/t15-/m1/s1. The number of ether oxygens (including phenoxy) is 1. The van der Waals surface area contributed by atoms with Crippen LogP contribution in [-0.4, -0.2) is 51.2 Å². The predicted octanol–water partition coefficient (Wildman–Crippen LogP) is 1.61. The van der Waals surface area contributed by atoms with Gasteiger partial charge in [0.2, 0.25) is 10.0 Å². The summed E-state index contributed by atoms with van der Waals surface area (Å²) >= 11 is 0. The van der Waals surface area contributed by atoms with Crippen molar-refractivity contribution in [2.24, 2.45) is 0 Å². The number of carbonyl (C=O) groups excluding carboxylic acids is 1. The second kappa shape index (κ2) is 7.98. The Morgan fingerprint density at radius 1 is 1.33 bits per heavy atom. The van der Waals surface area contributed by atoms with Gasteiger partial charge in [0.1, 0.15) is 5.75 Å². The van der Waals surface area contributed by atoms with Gasteiger partial charge in [0.25, 0.3) is 5.91 Å². The number of hydrogen-bond acceptors (Lipinski definition) is 4. The quantitative estimate of drug-likeness (QED) is 0.842. The second-order valence-electron chi connectivity index (χ2n) is 6.41. The molecule has 0 unspecified atom stereocenters. The van der Waals surface area contributed by atoms with E-state index in [-0.39, 0.29) is 25.1 Å². The molecule has 1 aliphatic rings. The monoisotopic (exact) mass is 354 g/mol. The summed E-state index contributed by atoms with van der Waals surface area (Å²) in [5.74, 6) is 0.613. The third kappa shape index (κ3) is 5.49. The Balaban J connectivity index is 1.96. The zero-order valence-electron chi connectivity index (χ0n) is 14.5. The first kappa shape index (κ1) is 18.7. The van der Waals surface area contributed by atoms with E-state index in [0.717, 1.165) is 36.6 Å². The molecule has 1 aliphatic heterocycles. The molecule has 0 aromatic heterocycles. The number of aryl methyl sites for hydroxylation is 2. The molecule has 1 N–H and O–H groups in total. The Hall–Kier alpha value is -1.60. The van der Waals surface area contributed by atoms with Gasteiger partial charge in [-0.2, -0.15) is 0 Å². The number of nitrogens with one attached hydrogen (secondary N) is 1. The molecule has 1 fully saturated rings. The molecule has 24 heavy (non-hydrogen) atoms. The minimum absolute atomic E-state index is 0.0281. The van der Waals surface area contributed by atoms with Crippen molar-refractivity contribution in [1.29, 1.82) is 0 Å². The van der Waals surface area contributed by atoms with Crippen LogP contribution in [-0.2, 0) is 14.8 Å². The van der Waals surface area contributed by atoms with Crippen molar-refractivity contribution in [3.63, 3.8) is 0 Å². The van der Waals surface area contributed by atoms with Gasteiger partial charge >= 0.3 is 0 Å². The Morgan fingerprint density at radius 3 is 2.79 bits per heavy atom. The lowest BCUT2D eigenvalue weighted by Crippen LogP contribution is -2.50. The van der Waals surface area contributed by atoms with Crippen LogP contribution in [0, 0.1) is 13.8 Å². The minimum Gasteiger partial charge on any atom is -0.483 e. The molecule has 0 aliphatic carbocycles. The summed E-state index contributed by atoms with van der Waals surface area (Å²) in [4.78, 5) is 14.3. The van der Waals surface area contributed by atoms with Crippen molar-refractivity contribution in [1.82, 2.24) is 9.62 Å². The normalized spacial score (nSPS) is 18.5. The van der Waals surface area contributed by atoms with Crippen LogP contribution in [0.2, 0.25) is 0 Å². The fourth-order valence-electron chi connectivity index (χ4n) is 2.87. The third-order valence-electron chi connectivity index (χ3n) is 4.22. The number of carbonyl (C=O) groups is 1. The van der Waals surface area contributed by atoms with Crippen LogP contribution in [0.15, 0.2) is 18.2 Å². The van der Waals surface area contributed by atoms with Crippen LogP contribution in [0.25, 0.3) is 0 Å². The highest BCUT2D eigenvalue weighted by molar-refractivity contribution is 7.88. The minimum atomic E-state index is -3.26. The summed E-state index contributed by atoms with van der Waals surface area (Å²) in [5.41, 5.74) is 2.07. The summed E-state index contributed by atoms with van der Waals surface area (Å²) in [5, 5.41) is 0. The molecule has 1 amide bonds. The first-order valence-electron chi connectivity index (χ1n) is 8.20. The van der Waals surface area contributed by atoms with Crippen molar-refractivity contribution in [3.05, 3.63) is 29.3 Å². The fourth-order valence-corrected chi connectivity index (χ4v) is 3.37. The van der Waals surface area contributed by atoms with E-state index >= 15 is 0 Å². The highest BCUT2D eigenvalue weighted by Crippen LogP contribution is 2.20. The Kier molecular flexibility index (Phi) is 6.23. The van der Waals surface area contributed by atoms with Gasteiger partial charge in [-0.1, -0.05) is 12.1 Å². The van der Waals surface area contributed by atoms with Gasteiger partial charge in [-0.3, -0.25) is 4.79 Å². The van der Waals surface area contributed by atoms with Gasteiger partial charge in [0.05, 0.1) is 6.26 Å². The molecule has 1 aromatic carbocycles. The van der Waals surface area contributed by atoms with Gasteiger partial charge in [-0.25, -0.2) is 13.1 Å². The van der Waals surface area contributed by atoms with Gasteiger partial charge in [-0.05, 0) is 50.3 Å². The molecule has 1 atom stereocenters. The highest BCUT2D eigenvalue weighted by atomic mass is 32.2. The second-order valence-corrected chi connectivity index (χ2v) is 8.25. The number of piperidine rings is 1. The number of rotatable bonds is 6. The topological polar surface area (TPSA) is 75.7 Å². The van der Waals surface area contributed by atoms with Crippen molar-refractivity contribution < 1.29 is 17.9 Å². The predicted molar refractivity (Wildman–Crippen MR) is 93.6 cm³/mol. The molecule has 7 heteroatoms. The fraction of sp³-hybridized carbons (Fsp3) is 0.588. The Morgan fingerprint density at radius 2 is 2.08 bits per heavy atom. The molecule has 1 heterocycles. The molecule has 0 bridgehead atoms. The molecule has 0 saturated carbocycles. The van der Waals surface area contributed by atoms with Crippen molar-refractivity contribution >= 4 is 15.9 Å². The molecule has 0 radical (unpaired) electrons. The summed E-state index contributed by atoms with van der Waals surface area (Å²) in [6.45, 7) is 4.80. The van der Waals surface area contributed by atoms with E-state index in [9.17, 15) is 13.2 Å². The molecule has 1 aromatic rings. The van der Waals surface area contributed by atoms with Crippen LogP contribution >= 0.6 is 0 Å². The molecule has 2 rings (SSSR count). The number of benzene rings is 1. The van der Waals surface area contributed by atoms with Crippen molar-refractivity contribution in [2.75, 3.05) is 26.0 Å². The van der Waals surface area contributed by atoms with Crippen LogP contribution in [0.1, 0.15) is 30.4 Å². The van der Waals surface area contributed by atoms with E-state index < -0.39 is 10.0 Å². The smallest absolute Gasteiger partial charge is 0.260 e. The lowest BCUT2D eigenvalue weighted by atomic mass is 10.0. The SMILES string of the molecule is Cc1ccc(C)c(OCC(=O)N2CCCC[C@@H]2CNS(C)(=O)=O)c1. The van der Waals surface area contributed by atoms with Gasteiger partial charge in [0, 0.05) is 19.1 Å². The molecule has 1 saturated heterocycles. The Labute approximate surface area is 144 Å². The maximum absolute atomic E-state index is 12.5. The van der Waals surface area contributed by atoms with E-state index in [0.29, 0.717) is 12.3 Å². The van der Waals surface area contributed by atoms with E-state index in [1.54, 1.807) is 4.90 Å². The van der Waals surface area contributed by atoms with Crippen LogP contribution < -0.4 is 9.46 Å². The molecule has 6 nitrogen and oxygen atoms in total. The average molecular weight is 354 g/mol. The lowest BCUT2D eigenvalue weighted by molar-refractivity contribution is -0.136. The van der Waals surface area contributed by atoms with Crippen LogP contribution in [0.3, 0.4) is 0 Å². The summed E-state index contributed by atoms with van der Waals surface area (Å²) in [7, 11) is -3.26. The zero-order valence-corrected chi connectivity index (χ0v) is 15.4. The number of amides is 1. The number of likely N-dealkylation sites (tertiary alicyclic amines) is 1. The molecule has 134 valence electrons. The van der Waals surface area contributed by atoms with Gasteiger partial charge in [0.15, 0.2) is 6.61 Å². The summed E-state index contributed by atoms with van der Waals surface area (Å²) < 4.78 is 30.8. The molecular weight excluding hydrogens is 328 g/mol. The summed E-state index contributed by atoms with van der Waals surface area (Å²) in [6, 6.07) is 5.78.